The number of benzene rings is 1. The van der Waals surface area contributed by atoms with Crippen LogP contribution in [0.25, 0.3) is 10.1 Å². The molecule has 6 heteroatoms. The lowest BCUT2D eigenvalue weighted by atomic mass is 10.2. The molecule has 1 N–H and O–H groups in total. The first-order chi connectivity index (χ1) is 8.90. The van der Waals surface area contributed by atoms with Crippen LogP contribution in [0.3, 0.4) is 0 Å². The zero-order valence-corrected chi connectivity index (χ0v) is 13.5. The molecule has 2 aromatic rings. The molecule has 0 bridgehead atoms. The molecule has 0 atom stereocenters. The molecule has 102 valence electrons. The Hall–Kier alpha value is -0.480. The quantitative estimate of drug-likeness (QED) is 0.815. The number of halogens is 3. The summed E-state index contributed by atoms with van der Waals surface area (Å²) in [4.78, 5) is 12.5. The van der Waals surface area contributed by atoms with Crippen molar-refractivity contribution in [2.45, 2.75) is 13.8 Å². The SMILES string of the molecule is CC(C)CNC(=O)c1sc2cc(Cl)cc(Cl)c2c1Cl. The summed E-state index contributed by atoms with van der Waals surface area (Å²) in [6.45, 7) is 4.67. The molecule has 0 saturated heterocycles. The number of fused-ring (bicyclic) bond motifs is 1. The first-order valence-electron chi connectivity index (χ1n) is 5.75. The minimum atomic E-state index is -0.174. The van der Waals surface area contributed by atoms with Crippen molar-refractivity contribution >= 4 is 62.1 Å². The monoisotopic (exact) mass is 335 g/mol. The van der Waals surface area contributed by atoms with Gasteiger partial charge in [-0.1, -0.05) is 48.7 Å². The summed E-state index contributed by atoms with van der Waals surface area (Å²) in [7, 11) is 0. The number of nitrogens with one attached hydrogen (secondary N) is 1. The molecular formula is C13H12Cl3NOS. The fraction of sp³-hybridized carbons (Fsp3) is 0.308. The van der Waals surface area contributed by atoms with E-state index >= 15 is 0 Å². The van der Waals surface area contributed by atoms with Crippen molar-refractivity contribution in [3.05, 3.63) is 32.1 Å². The van der Waals surface area contributed by atoms with Crippen LogP contribution in [0.15, 0.2) is 12.1 Å². The average molecular weight is 337 g/mol. The van der Waals surface area contributed by atoms with Crippen LogP contribution in [-0.2, 0) is 0 Å². The molecule has 1 aromatic carbocycles. The number of hydrogen-bond acceptors (Lipinski definition) is 2. The van der Waals surface area contributed by atoms with Crippen molar-refractivity contribution in [1.29, 1.82) is 0 Å². The van der Waals surface area contributed by atoms with Crippen molar-refractivity contribution in [2.75, 3.05) is 6.54 Å². The fourth-order valence-corrected chi connectivity index (χ4v) is 3.93. The first-order valence-corrected chi connectivity index (χ1v) is 7.70. The Balaban J connectivity index is 2.42. The Morgan fingerprint density at radius 3 is 2.63 bits per heavy atom. The second-order valence-electron chi connectivity index (χ2n) is 4.61. The third-order valence-electron chi connectivity index (χ3n) is 2.53. The van der Waals surface area contributed by atoms with Gasteiger partial charge in [0.2, 0.25) is 0 Å². The molecule has 0 spiro atoms. The molecule has 1 aromatic heterocycles. The van der Waals surface area contributed by atoms with Gasteiger partial charge in [0, 0.05) is 21.7 Å². The van der Waals surface area contributed by atoms with Crippen LogP contribution in [0, 0.1) is 5.92 Å². The molecule has 1 heterocycles. The number of carbonyl (C=O) groups excluding carboxylic acids is 1. The molecule has 19 heavy (non-hydrogen) atoms. The van der Waals surface area contributed by atoms with Crippen molar-refractivity contribution in [2.24, 2.45) is 5.92 Å². The van der Waals surface area contributed by atoms with Gasteiger partial charge in [0.05, 0.1) is 10.0 Å². The summed E-state index contributed by atoms with van der Waals surface area (Å²) in [5, 5.41) is 4.92. The zero-order valence-electron chi connectivity index (χ0n) is 10.4. The van der Waals surface area contributed by atoms with Gasteiger partial charge in [-0.3, -0.25) is 4.79 Å². The molecule has 0 aliphatic rings. The van der Waals surface area contributed by atoms with Crippen LogP contribution in [0.1, 0.15) is 23.5 Å². The highest BCUT2D eigenvalue weighted by molar-refractivity contribution is 7.21. The molecule has 1 amide bonds. The molecule has 2 rings (SSSR count). The van der Waals surface area contributed by atoms with Crippen LogP contribution in [-0.4, -0.2) is 12.5 Å². The second-order valence-corrected chi connectivity index (χ2v) is 6.88. The molecule has 0 saturated carbocycles. The highest BCUT2D eigenvalue weighted by Crippen LogP contribution is 2.41. The summed E-state index contributed by atoms with van der Waals surface area (Å²) < 4.78 is 0.817. The maximum absolute atomic E-state index is 12.1. The third-order valence-corrected chi connectivity index (χ3v) is 4.67. The highest BCUT2D eigenvalue weighted by Gasteiger charge is 2.19. The molecule has 0 unspecified atom stereocenters. The third kappa shape index (κ3) is 3.16. The predicted molar refractivity (Wildman–Crippen MR) is 84.0 cm³/mol. The summed E-state index contributed by atoms with van der Waals surface area (Å²) in [6.07, 6.45) is 0. The van der Waals surface area contributed by atoms with Gasteiger partial charge >= 0.3 is 0 Å². The van der Waals surface area contributed by atoms with Gasteiger partial charge in [0.15, 0.2) is 0 Å². The molecule has 0 aliphatic heterocycles. The average Bonchev–Trinajstić information content (AvgIpc) is 2.63. The number of thiophene rings is 1. The lowest BCUT2D eigenvalue weighted by Gasteiger charge is -2.06. The molecule has 2 nitrogen and oxygen atoms in total. The predicted octanol–water partition coefficient (Wildman–Crippen LogP) is 5.25. The van der Waals surface area contributed by atoms with E-state index in [-0.39, 0.29) is 5.91 Å². The Morgan fingerprint density at radius 1 is 1.32 bits per heavy atom. The minimum absolute atomic E-state index is 0.174. The number of hydrogen-bond donors (Lipinski definition) is 1. The van der Waals surface area contributed by atoms with Crippen LogP contribution in [0.4, 0.5) is 0 Å². The van der Waals surface area contributed by atoms with Crippen molar-refractivity contribution in [3.63, 3.8) is 0 Å². The van der Waals surface area contributed by atoms with E-state index in [2.05, 4.69) is 5.32 Å². The maximum atomic E-state index is 12.1. The van der Waals surface area contributed by atoms with Gasteiger partial charge in [-0.05, 0) is 18.1 Å². The summed E-state index contributed by atoms with van der Waals surface area (Å²) >= 11 is 19.6. The highest BCUT2D eigenvalue weighted by atomic mass is 35.5. The van der Waals surface area contributed by atoms with E-state index in [1.54, 1.807) is 12.1 Å². The number of carbonyl (C=O) groups is 1. The minimum Gasteiger partial charge on any atom is -0.351 e. The fourth-order valence-electron chi connectivity index (χ4n) is 1.63. The Kier molecular flexibility index (Phi) is 4.62. The van der Waals surface area contributed by atoms with Gasteiger partial charge in [-0.25, -0.2) is 0 Å². The Labute approximate surface area is 130 Å². The van der Waals surface area contributed by atoms with Crippen LogP contribution < -0.4 is 5.32 Å². The van der Waals surface area contributed by atoms with Crippen molar-refractivity contribution < 1.29 is 4.79 Å². The molecular weight excluding hydrogens is 325 g/mol. The van der Waals surface area contributed by atoms with Crippen LogP contribution in [0.2, 0.25) is 15.1 Å². The largest absolute Gasteiger partial charge is 0.351 e. The summed E-state index contributed by atoms with van der Waals surface area (Å²) in [5.41, 5.74) is 0. The lowest BCUT2D eigenvalue weighted by molar-refractivity contribution is 0.0953. The van der Waals surface area contributed by atoms with Gasteiger partial charge in [-0.15, -0.1) is 11.3 Å². The molecule has 0 radical (unpaired) electrons. The van der Waals surface area contributed by atoms with Gasteiger partial charge in [-0.2, -0.15) is 0 Å². The van der Waals surface area contributed by atoms with E-state index in [0.29, 0.717) is 37.8 Å². The number of amides is 1. The molecule has 0 aliphatic carbocycles. The molecule has 0 fully saturated rings. The second kappa shape index (κ2) is 5.88. The Bertz CT molecular complexity index is 636. The summed E-state index contributed by atoms with van der Waals surface area (Å²) in [5.74, 6) is 0.210. The normalized spacial score (nSPS) is 11.3. The maximum Gasteiger partial charge on any atom is 0.262 e. The van der Waals surface area contributed by atoms with Crippen LogP contribution >= 0.6 is 46.1 Å². The van der Waals surface area contributed by atoms with E-state index in [4.69, 9.17) is 34.8 Å². The van der Waals surface area contributed by atoms with Crippen molar-refractivity contribution in [3.8, 4) is 0 Å². The lowest BCUT2D eigenvalue weighted by Crippen LogP contribution is -2.26. The van der Waals surface area contributed by atoms with E-state index in [0.717, 1.165) is 4.70 Å². The number of rotatable bonds is 3. The van der Waals surface area contributed by atoms with E-state index in [1.807, 2.05) is 13.8 Å². The van der Waals surface area contributed by atoms with E-state index < -0.39 is 0 Å². The summed E-state index contributed by atoms with van der Waals surface area (Å²) in [6, 6.07) is 3.39. The van der Waals surface area contributed by atoms with E-state index in [9.17, 15) is 4.79 Å². The van der Waals surface area contributed by atoms with Gasteiger partial charge in [0.1, 0.15) is 4.88 Å². The van der Waals surface area contributed by atoms with Gasteiger partial charge in [0.25, 0.3) is 5.91 Å². The smallest absolute Gasteiger partial charge is 0.262 e. The van der Waals surface area contributed by atoms with Gasteiger partial charge < -0.3 is 5.32 Å². The Morgan fingerprint density at radius 2 is 2.00 bits per heavy atom. The van der Waals surface area contributed by atoms with Crippen molar-refractivity contribution in [1.82, 2.24) is 5.32 Å². The zero-order chi connectivity index (χ0) is 14.2. The topological polar surface area (TPSA) is 29.1 Å². The van der Waals surface area contributed by atoms with E-state index in [1.165, 1.54) is 11.3 Å². The standard InChI is InChI=1S/C13H12Cl3NOS/c1-6(2)5-17-13(18)12-11(16)10-8(15)3-7(14)4-9(10)19-12/h3-4,6H,5H2,1-2H3,(H,17,18). The first kappa shape index (κ1) is 14.9. The van der Waals surface area contributed by atoms with Crippen LogP contribution in [0.5, 0.6) is 0 Å².